The van der Waals surface area contributed by atoms with Gasteiger partial charge in [0.2, 0.25) is 16.7 Å². The molecule has 28 heteroatoms. The summed E-state index contributed by atoms with van der Waals surface area (Å²) in [5.74, 6) is 8.59. The average Bonchev–Trinajstić information content (AvgIpc) is 1.53. The number of para-hydroxylation sites is 1. The van der Waals surface area contributed by atoms with Crippen LogP contribution >= 0.6 is 34.2 Å². The summed E-state index contributed by atoms with van der Waals surface area (Å²) in [5, 5.41) is 40.4. The number of hydrogen-bond donors (Lipinski definition) is 4. The zero-order valence-corrected chi connectivity index (χ0v) is 83.9. The number of phenols is 1. The van der Waals surface area contributed by atoms with Gasteiger partial charge in [-0.25, -0.2) is 4.58 Å². The summed E-state index contributed by atoms with van der Waals surface area (Å²) in [6, 6.07) is 45.5. The van der Waals surface area contributed by atoms with E-state index in [1.165, 1.54) is 57.6 Å². The van der Waals surface area contributed by atoms with Crippen LogP contribution in [-0.2, 0) is 70.9 Å². The highest BCUT2D eigenvalue weighted by Crippen LogP contribution is 2.55. The second kappa shape index (κ2) is 44.2. The van der Waals surface area contributed by atoms with Crippen molar-refractivity contribution in [2.75, 3.05) is 29.7 Å². The van der Waals surface area contributed by atoms with Crippen molar-refractivity contribution < 1.29 is 77.1 Å². The number of hydrazine groups is 1. The number of allylic oxidation sites excluding steroid dienone is 4. The van der Waals surface area contributed by atoms with E-state index in [1.807, 2.05) is 99.5 Å². The maximum absolute atomic E-state index is 12.2. The summed E-state index contributed by atoms with van der Waals surface area (Å²) in [5.41, 5.74) is 30.5. The Hall–Kier alpha value is -11.8. The predicted molar refractivity (Wildman–Crippen MR) is 534 cm³/mol. The molecule has 0 fully saturated rings. The largest absolute Gasteiger partial charge is 1.00 e. The highest BCUT2D eigenvalue weighted by molar-refractivity contribution is 14.1. The van der Waals surface area contributed by atoms with Gasteiger partial charge in [-0.3, -0.25) is 86.0 Å². The van der Waals surface area contributed by atoms with Gasteiger partial charge in [-0.1, -0.05) is 153 Å². The molecule has 7 aliphatic heterocycles. The van der Waals surface area contributed by atoms with E-state index in [0.29, 0.717) is 59.2 Å². The van der Waals surface area contributed by atoms with Gasteiger partial charge >= 0.3 is 0 Å². The molecular formula is C102H121ClI2N12O13. The van der Waals surface area contributed by atoms with Crippen molar-refractivity contribution in [2.45, 2.75) is 203 Å². The third-order valence-corrected chi connectivity index (χ3v) is 25.1. The van der Waals surface area contributed by atoms with Crippen LogP contribution in [-0.4, -0.2) is 107 Å². The first kappa shape index (κ1) is 109. The minimum absolute atomic E-state index is 0. The fraction of sp³-hybridized carbons (Fsp3) is 0.333. The summed E-state index contributed by atoms with van der Waals surface area (Å²) in [6.45, 7) is 57.4. The summed E-state index contributed by atoms with van der Waals surface area (Å²) >= 11 is 7.02. The SMILES string of the molecule is C=C(C)C(=O)Cc1ccc2c(c1)C(C)(C)C(C)=N2.C=C(C)C(=O)Cc1ccc2c(c1)C(C)(C)C(C)=[N+]2C.C=C(C)C(=O)Cc1ccc2c(c1)C(C)(C)C1(C=Cc3cc([N+](=O)[O-])ccc3O1)N2C.C=C(C)C(=O)Cl.CC1=Nc2ccc(N)cc2C1(C)C.CC1=Nc2ccc([N+](=O)[O-])cc2C1(C)C.CC1=Nc2ccccc2C1(C)C.CI.NN.O=Cc1cc([N+](=O)[O-])ccc1O.[I-]. The van der Waals surface area contributed by atoms with Crippen LogP contribution in [0.5, 0.6) is 11.5 Å². The van der Waals surface area contributed by atoms with Crippen LogP contribution in [0.2, 0.25) is 0 Å². The summed E-state index contributed by atoms with van der Waals surface area (Å²) in [4.78, 5) is 108. The number of benzene rings is 8. The molecule has 1 spiro atoms. The van der Waals surface area contributed by atoms with Gasteiger partial charge in [0.1, 0.15) is 18.5 Å². The number of alkyl halides is 1. The summed E-state index contributed by atoms with van der Waals surface area (Å²) < 4.78 is 8.76. The van der Waals surface area contributed by atoms with Crippen LogP contribution < -0.4 is 51.0 Å². The number of nitro groups is 3. The molecule has 688 valence electrons. The number of rotatable bonds is 14. The fourth-order valence-corrected chi connectivity index (χ4v) is 15.0. The van der Waals surface area contributed by atoms with Crippen molar-refractivity contribution in [1.29, 1.82) is 0 Å². The molecule has 15 rings (SSSR count). The van der Waals surface area contributed by atoms with Crippen molar-refractivity contribution in [3.8, 4) is 11.5 Å². The maximum atomic E-state index is 12.2. The number of ether oxygens (including phenoxy) is 1. The van der Waals surface area contributed by atoms with Gasteiger partial charge in [-0.2, -0.15) is 0 Å². The van der Waals surface area contributed by atoms with Crippen LogP contribution in [0, 0.1) is 30.3 Å². The standard InChI is InChI=1S/C24H24N2O4.C17H22NO.C16H19NO.C11H12N2O2.C11H14N2.C11H13N.C7H5NO4.C4H5ClO.CH3I.HI.H4N2/c1-15(2)21(27)13-16-6-8-20-19(12-16)23(3,4)24(25(20)5)11-10-17-14-18(26(28)29)7-9-22(17)30-24;1-11(2)16(19)10-13-7-8-15-14(9-13)17(4,5)12(3)18(15)6;1-10(2)15(18)9-12-6-7-14-13(8-12)16(4,5)11(3)17-14;1-7-11(2,3)9-6-8(13(14)15)4-5-10(9)12-7;1-7-11(2,3)9-6-8(12)4-5-10(9)13-7;1-8-11(2,3)9-6-4-5-7-10(9)12-8;9-4-5-3-6(8(11)12)1-2-7(5)10;1-3(2)4(5)6;1-2;;1-2/h6-12,14H,1,13H2,2-5H3;7-9H,1,10H2,2-6H3;6-8H,1,9H2,2-5H3;4-6H,1-3H3;4-6H,12H2,1-3H3;4-7H,1-3H3;1-4,10H;1H2,2H3;1H3;1H;1-2H2/q;+1;;;;;;;;;/p-1. The van der Waals surface area contributed by atoms with Crippen molar-refractivity contribution in [3.63, 3.8) is 0 Å². The van der Waals surface area contributed by atoms with Crippen LogP contribution in [0.1, 0.15) is 211 Å². The quantitative estimate of drug-likeness (QED) is 0.00750. The number of fused-ring (bicyclic) bond motifs is 7. The number of aromatic hydroxyl groups is 1. The number of hydrogen-bond acceptors (Lipinski definition) is 21. The third-order valence-electron chi connectivity index (χ3n) is 24.8. The number of nitrogens with zero attached hydrogens (tertiary/aromatic N) is 9. The second-order valence-corrected chi connectivity index (χ2v) is 35.8. The van der Waals surface area contributed by atoms with Crippen molar-refractivity contribution in [2.24, 2.45) is 31.7 Å². The second-order valence-electron chi connectivity index (χ2n) is 35.5. The first-order chi connectivity index (χ1) is 60.0. The molecule has 8 aromatic carbocycles. The molecule has 0 radical (unpaired) electrons. The van der Waals surface area contributed by atoms with Gasteiger partial charge in [-0.05, 0) is 234 Å². The van der Waals surface area contributed by atoms with Crippen molar-refractivity contribution >= 4 is 155 Å². The molecule has 0 aliphatic carbocycles. The lowest BCUT2D eigenvalue weighted by Gasteiger charge is -2.45. The molecule has 7 heterocycles. The van der Waals surface area contributed by atoms with Crippen LogP contribution in [0.4, 0.5) is 56.9 Å². The Balaban J connectivity index is 0.000000269. The average molecular weight is 2010 g/mol. The number of aldehydes is 1. The number of anilines is 2. The van der Waals surface area contributed by atoms with Crippen LogP contribution in [0.25, 0.3) is 6.08 Å². The van der Waals surface area contributed by atoms with E-state index < -0.39 is 26.2 Å². The van der Waals surface area contributed by atoms with Gasteiger partial charge in [0.15, 0.2) is 29.3 Å². The number of carbonyl (C=O) groups excluding carboxylic acids is 5. The van der Waals surface area contributed by atoms with Gasteiger partial charge in [0, 0.05) is 148 Å². The van der Waals surface area contributed by atoms with Gasteiger partial charge < -0.3 is 44.5 Å². The van der Waals surface area contributed by atoms with Crippen molar-refractivity contribution in [3.05, 3.63) is 298 Å². The number of likely N-dealkylation sites (N-methyl/N-ethyl adjacent to an activating group) is 1. The zero-order chi connectivity index (χ0) is 97.6. The van der Waals surface area contributed by atoms with E-state index >= 15 is 0 Å². The molecule has 0 saturated carbocycles. The number of nitrogens with two attached hydrogens (primary N) is 3. The number of halogens is 3. The van der Waals surface area contributed by atoms with E-state index in [9.17, 15) is 54.3 Å². The van der Waals surface area contributed by atoms with E-state index in [4.69, 9.17) is 27.2 Å². The Morgan fingerprint density at radius 1 is 0.508 bits per heavy atom. The summed E-state index contributed by atoms with van der Waals surface area (Å²) in [7, 11) is 4.08. The zero-order valence-electron chi connectivity index (χ0n) is 78.9. The molecular weight excluding hydrogens is 1890 g/mol. The normalized spacial score (nSPS) is 16.2. The number of ketones is 3. The number of non-ortho nitro benzene ring substituents is 3. The first-order valence-corrected chi connectivity index (χ1v) is 44.0. The lowest BCUT2D eigenvalue weighted by Crippen LogP contribution is -3.00. The maximum Gasteiger partial charge on any atom is 0.270 e. The molecule has 1 unspecified atom stereocenters. The Morgan fingerprint density at radius 3 is 1.32 bits per heavy atom. The van der Waals surface area contributed by atoms with Crippen molar-refractivity contribution in [1.82, 2.24) is 0 Å². The Labute approximate surface area is 799 Å². The lowest BCUT2D eigenvalue weighted by molar-refractivity contribution is -0.403. The van der Waals surface area contributed by atoms with Gasteiger partial charge in [0.05, 0.1) is 53.9 Å². The molecule has 7 N–H and O–H groups in total. The molecule has 0 bridgehead atoms. The molecule has 0 aromatic heterocycles. The van der Waals surface area contributed by atoms with Crippen LogP contribution in [0.3, 0.4) is 0 Å². The number of carbonyl (C=O) groups is 5. The van der Waals surface area contributed by atoms with Gasteiger partial charge in [-0.15, -0.1) is 0 Å². The molecule has 130 heavy (non-hydrogen) atoms. The minimum atomic E-state index is -0.782. The third kappa shape index (κ3) is 24.3. The van der Waals surface area contributed by atoms with Gasteiger partial charge in [0.25, 0.3) is 17.1 Å². The number of nitrogen functional groups attached to an aromatic ring is 1. The Kier molecular flexibility index (Phi) is 37.0. The van der Waals surface area contributed by atoms with E-state index in [0.717, 1.165) is 97.3 Å². The number of Topliss-reactive ketones (excluding diaryl/α,β-unsaturated/α-hetero) is 3. The van der Waals surface area contributed by atoms with E-state index in [1.54, 1.807) is 45.9 Å². The number of phenolic OH excluding ortho intramolecular Hbond substituents is 1. The molecule has 25 nitrogen and oxygen atoms in total. The van der Waals surface area contributed by atoms with Crippen LogP contribution in [0.15, 0.2) is 226 Å². The molecule has 0 saturated heterocycles. The lowest BCUT2D eigenvalue weighted by atomic mass is 9.76. The molecule has 8 aromatic rings. The fourth-order valence-electron chi connectivity index (χ4n) is 15.0. The molecule has 1 atom stereocenters. The topological polar surface area (TPSA) is 378 Å². The monoisotopic (exact) mass is 2010 g/mol. The van der Waals surface area contributed by atoms with E-state index in [2.05, 4.69) is 236 Å². The molecule has 7 aliphatic rings. The highest BCUT2D eigenvalue weighted by Gasteiger charge is 2.58. The minimum Gasteiger partial charge on any atom is -1.00 e. The number of nitro benzene ring substituents is 3. The smallest absolute Gasteiger partial charge is 0.270 e. The Morgan fingerprint density at radius 2 is 0.877 bits per heavy atom. The summed E-state index contributed by atoms with van der Waals surface area (Å²) in [6.07, 6.45) is 5.42. The van der Waals surface area contributed by atoms with E-state index in [-0.39, 0.29) is 102 Å². The number of aliphatic imine (C=N–C) groups is 4. The predicted octanol–water partition coefficient (Wildman–Crippen LogP) is 20.0. The molecule has 0 amide bonds. The Bertz CT molecular complexity index is 6010. The first-order valence-electron chi connectivity index (χ1n) is 41.4. The highest BCUT2D eigenvalue weighted by atomic mass is 127.